The first kappa shape index (κ1) is 31.5. The Kier molecular flexibility index (Phi) is 6.98. The van der Waals surface area contributed by atoms with Crippen molar-refractivity contribution < 1.29 is 39.1 Å². The number of hydrogen-bond acceptors (Lipinski definition) is 6. The smallest absolute Gasteiger partial charge is 0.310 e. The zero-order chi connectivity index (χ0) is 31.8. The molecule has 0 bridgehead atoms. The lowest BCUT2D eigenvalue weighted by Crippen LogP contribution is -2.76. The van der Waals surface area contributed by atoms with Gasteiger partial charge in [0.2, 0.25) is 0 Å². The maximum absolute atomic E-state index is 13.6. The number of hydrogen-bond donors (Lipinski definition) is 4. The third-order valence-electron chi connectivity index (χ3n) is 15.8. The number of alkyl halides is 1. The lowest BCUT2D eigenvalue weighted by Gasteiger charge is -2.74. The maximum Gasteiger partial charge on any atom is 0.310 e. The molecule has 0 radical (unpaired) electrons. The van der Waals surface area contributed by atoms with Crippen molar-refractivity contribution in [1.29, 1.82) is 0 Å². The third-order valence-corrected chi connectivity index (χ3v) is 15.8. The van der Waals surface area contributed by atoms with Gasteiger partial charge < -0.3 is 29.9 Å². The van der Waals surface area contributed by atoms with Gasteiger partial charge in [0.15, 0.2) is 0 Å². The molecule has 44 heavy (non-hydrogen) atoms. The Morgan fingerprint density at radius 1 is 0.886 bits per heavy atom. The van der Waals surface area contributed by atoms with Crippen LogP contribution in [0.2, 0.25) is 0 Å². The van der Waals surface area contributed by atoms with Gasteiger partial charge in [-0.2, -0.15) is 0 Å². The van der Waals surface area contributed by atoms with Crippen molar-refractivity contribution in [2.45, 2.75) is 148 Å². The Morgan fingerprint density at radius 3 is 2.27 bits per heavy atom. The number of aliphatic carboxylic acids is 1. The van der Waals surface area contributed by atoms with Gasteiger partial charge in [-0.25, -0.2) is 4.39 Å². The number of ether oxygens (including phenoxy) is 2. The number of aliphatic hydroxyl groups is 3. The molecule has 0 aromatic carbocycles. The lowest BCUT2D eigenvalue weighted by molar-refractivity contribution is -0.373. The van der Waals surface area contributed by atoms with E-state index in [4.69, 9.17) is 9.47 Å². The fourth-order valence-corrected chi connectivity index (χ4v) is 12.9. The number of rotatable bonds is 3. The molecule has 2 saturated heterocycles. The first-order valence-corrected chi connectivity index (χ1v) is 17.4. The van der Waals surface area contributed by atoms with Crippen LogP contribution in [0.1, 0.15) is 106 Å². The SMILES string of the molecule is CC1(C)CC[C@]2(C(=O)O)CC[C@]3(C)C(=CCC4[C@@]5(C)CC[C@@H]6[C@H]([C@@H]7OC(CF)[C@@H](O)C(O)C7O)O[C@@]6(C)C5CC[C@]43C)C2C1. The van der Waals surface area contributed by atoms with E-state index < -0.39 is 60.3 Å². The Hall–Kier alpha value is -1.06. The van der Waals surface area contributed by atoms with E-state index in [1.807, 2.05) is 0 Å². The molecule has 2 heterocycles. The number of carbonyl (C=O) groups is 1. The summed E-state index contributed by atoms with van der Waals surface area (Å²) in [5.41, 5.74) is 0.581. The molecule has 0 aromatic heterocycles. The molecule has 5 aliphatic carbocycles. The van der Waals surface area contributed by atoms with Crippen LogP contribution in [0.3, 0.4) is 0 Å². The van der Waals surface area contributed by atoms with Crippen LogP contribution < -0.4 is 0 Å². The molecule has 15 atom stereocenters. The van der Waals surface area contributed by atoms with Crippen LogP contribution in [0.4, 0.5) is 4.39 Å². The van der Waals surface area contributed by atoms with Gasteiger partial charge in [-0.15, -0.1) is 0 Å². The number of halogens is 1. The van der Waals surface area contributed by atoms with Gasteiger partial charge in [-0.1, -0.05) is 46.3 Å². The van der Waals surface area contributed by atoms with E-state index in [1.165, 1.54) is 5.57 Å². The van der Waals surface area contributed by atoms with E-state index in [0.29, 0.717) is 11.8 Å². The summed E-state index contributed by atoms with van der Waals surface area (Å²) < 4.78 is 26.2. The minimum atomic E-state index is -1.47. The van der Waals surface area contributed by atoms with E-state index in [9.17, 15) is 29.6 Å². The summed E-state index contributed by atoms with van der Waals surface area (Å²) in [7, 11) is 0. The zero-order valence-electron chi connectivity index (χ0n) is 27.5. The summed E-state index contributed by atoms with van der Waals surface area (Å²) in [6, 6.07) is 0. The van der Waals surface area contributed by atoms with Crippen LogP contribution in [-0.2, 0) is 14.3 Å². The second-order valence-electron chi connectivity index (χ2n) is 17.9. The number of carboxylic acids is 1. The predicted octanol–water partition coefficient (Wildman–Crippen LogP) is 5.44. The molecule has 2 aliphatic heterocycles. The molecule has 7 rings (SSSR count). The predicted molar refractivity (Wildman–Crippen MR) is 162 cm³/mol. The Morgan fingerprint density at radius 2 is 1.59 bits per heavy atom. The highest BCUT2D eigenvalue weighted by molar-refractivity contribution is 5.76. The summed E-state index contributed by atoms with van der Waals surface area (Å²) in [6.07, 6.45) is 5.09. The van der Waals surface area contributed by atoms with E-state index >= 15 is 0 Å². The monoisotopic (exact) mass is 618 g/mol. The summed E-state index contributed by atoms with van der Waals surface area (Å²) in [4.78, 5) is 12.9. The van der Waals surface area contributed by atoms with E-state index in [1.54, 1.807) is 0 Å². The highest BCUT2D eigenvalue weighted by Crippen LogP contribution is 2.76. The second kappa shape index (κ2) is 9.74. The molecule has 4 N–H and O–H groups in total. The first-order valence-electron chi connectivity index (χ1n) is 17.4. The van der Waals surface area contributed by atoms with Crippen LogP contribution in [0.15, 0.2) is 11.6 Å². The van der Waals surface area contributed by atoms with Crippen LogP contribution in [0.25, 0.3) is 0 Å². The number of aliphatic hydroxyl groups excluding tert-OH is 3. The van der Waals surface area contributed by atoms with Crippen LogP contribution in [-0.4, -0.2) is 75.3 Å². The van der Waals surface area contributed by atoms with E-state index in [-0.39, 0.29) is 33.5 Å². The number of carboxylic acid groups (broad SMARTS) is 1. The Labute approximate surface area is 262 Å². The molecule has 0 amide bonds. The quantitative estimate of drug-likeness (QED) is 0.311. The summed E-state index contributed by atoms with van der Waals surface area (Å²) in [5.74, 6) is 0.372. The van der Waals surface area contributed by atoms with Crippen LogP contribution >= 0.6 is 0 Å². The summed E-state index contributed by atoms with van der Waals surface area (Å²) in [5, 5.41) is 42.1. The van der Waals surface area contributed by atoms with E-state index in [2.05, 4.69) is 47.6 Å². The summed E-state index contributed by atoms with van der Waals surface area (Å²) in [6.45, 7) is 13.4. The topological polar surface area (TPSA) is 116 Å². The fourth-order valence-electron chi connectivity index (χ4n) is 12.9. The molecular weight excluding hydrogens is 563 g/mol. The van der Waals surface area contributed by atoms with Crippen molar-refractivity contribution in [2.75, 3.05) is 6.67 Å². The molecule has 248 valence electrons. The molecule has 6 unspecified atom stereocenters. The average molecular weight is 619 g/mol. The van der Waals surface area contributed by atoms with Crippen molar-refractivity contribution in [3.63, 3.8) is 0 Å². The number of allylic oxidation sites excluding steroid dienone is 2. The largest absolute Gasteiger partial charge is 0.481 e. The molecule has 7 aliphatic rings. The van der Waals surface area contributed by atoms with Gasteiger partial charge in [-0.05, 0) is 111 Å². The van der Waals surface area contributed by atoms with E-state index in [0.717, 1.165) is 64.2 Å². The average Bonchev–Trinajstić information content (AvgIpc) is 2.94. The second-order valence-corrected chi connectivity index (χ2v) is 17.9. The van der Waals surface area contributed by atoms with Crippen molar-refractivity contribution in [3.05, 3.63) is 11.6 Å². The Balaban J connectivity index is 1.18. The van der Waals surface area contributed by atoms with Gasteiger partial charge in [0.1, 0.15) is 37.2 Å². The van der Waals surface area contributed by atoms with Crippen molar-refractivity contribution in [3.8, 4) is 0 Å². The fraction of sp³-hybridized carbons (Fsp3) is 0.917. The van der Waals surface area contributed by atoms with Gasteiger partial charge in [0, 0.05) is 5.92 Å². The van der Waals surface area contributed by atoms with Gasteiger partial charge in [0.25, 0.3) is 0 Å². The van der Waals surface area contributed by atoms with Crippen molar-refractivity contribution >= 4 is 5.97 Å². The molecule has 8 heteroatoms. The number of fused-ring (bicyclic) bond motifs is 9. The van der Waals surface area contributed by atoms with Gasteiger partial charge in [0.05, 0.1) is 17.1 Å². The highest BCUT2D eigenvalue weighted by atomic mass is 19.1. The minimum Gasteiger partial charge on any atom is -0.481 e. The molecule has 0 spiro atoms. The zero-order valence-corrected chi connectivity index (χ0v) is 27.5. The minimum absolute atomic E-state index is 0.0324. The first-order chi connectivity index (χ1) is 20.5. The third kappa shape index (κ3) is 3.81. The normalized spacial score (nSPS) is 57.7. The van der Waals surface area contributed by atoms with Gasteiger partial charge in [-0.3, -0.25) is 4.79 Å². The standard InChI is InChI=1S/C36H55FO7/c1-31(2)13-15-36(30(41)42)16-14-33(4)19(21(36)17-31)7-8-23-32(3)11-9-20-28(29-27(40)26(39)25(38)22(18-37)43-29)44-35(20,6)24(32)10-12-34(23,33)5/h7,20-29,38-40H,8-18H2,1-6H3,(H,41,42)/t20-,21?,22?,23?,24?,25-,26?,27?,28-,29-,32-,33-,34-,35-,36+/m1/s1. The van der Waals surface area contributed by atoms with Crippen LogP contribution in [0, 0.1) is 50.7 Å². The summed E-state index contributed by atoms with van der Waals surface area (Å²) >= 11 is 0. The van der Waals surface area contributed by atoms with Gasteiger partial charge >= 0.3 is 5.97 Å². The molecule has 0 aromatic rings. The molecule has 7 nitrogen and oxygen atoms in total. The molecular formula is C36H55FO7. The van der Waals surface area contributed by atoms with Crippen LogP contribution in [0.5, 0.6) is 0 Å². The van der Waals surface area contributed by atoms with Crippen molar-refractivity contribution in [2.24, 2.45) is 50.7 Å². The molecule has 6 fully saturated rings. The maximum atomic E-state index is 13.6. The highest BCUT2D eigenvalue weighted by Gasteiger charge is 2.73. The Bertz CT molecular complexity index is 1230. The van der Waals surface area contributed by atoms with Crippen molar-refractivity contribution in [1.82, 2.24) is 0 Å². The molecule has 4 saturated carbocycles. The lowest BCUT2D eigenvalue weighted by atomic mass is 9.33.